The van der Waals surface area contributed by atoms with E-state index in [0.717, 1.165) is 50.4 Å². The number of likely N-dealkylation sites (tertiary alicyclic amines) is 1. The lowest BCUT2D eigenvalue weighted by Gasteiger charge is -2.32. The van der Waals surface area contributed by atoms with Crippen LogP contribution in [0.2, 0.25) is 0 Å². The van der Waals surface area contributed by atoms with Crippen molar-refractivity contribution in [3.8, 4) is 5.75 Å². The predicted octanol–water partition coefficient (Wildman–Crippen LogP) is 3.20. The van der Waals surface area contributed by atoms with Crippen LogP contribution < -0.4 is 4.74 Å². The Balaban J connectivity index is 1.40. The Morgan fingerprint density at radius 2 is 1.89 bits per heavy atom. The minimum Gasteiger partial charge on any atom is -0.494 e. The molecule has 2 fully saturated rings. The van der Waals surface area contributed by atoms with E-state index in [1.807, 2.05) is 6.07 Å². The first-order chi connectivity index (χ1) is 13.5. The Hall–Kier alpha value is -1.99. The zero-order chi connectivity index (χ0) is 19.7. The van der Waals surface area contributed by atoms with Gasteiger partial charge in [0.25, 0.3) is 0 Å². The summed E-state index contributed by atoms with van der Waals surface area (Å²) < 4.78 is 21.1. The molecule has 0 atom stereocenters. The summed E-state index contributed by atoms with van der Waals surface area (Å²) in [4.78, 5) is 4.59. The molecule has 0 N–H and O–H groups in total. The molecule has 1 saturated heterocycles. The molecule has 0 radical (unpaired) electrons. The van der Waals surface area contributed by atoms with E-state index in [2.05, 4.69) is 38.7 Å². The van der Waals surface area contributed by atoms with Gasteiger partial charge in [-0.1, -0.05) is 6.07 Å². The fourth-order valence-corrected chi connectivity index (χ4v) is 4.15. The Kier molecular flexibility index (Phi) is 5.64. The first-order valence-electron chi connectivity index (χ1n) is 10.2. The number of piperidine rings is 1. The molecule has 7 heteroatoms. The molecule has 0 unspecified atom stereocenters. The van der Waals surface area contributed by atoms with Crippen LogP contribution in [0.5, 0.6) is 5.75 Å². The number of hydrogen-bond acceptors (Lipinski definition) is 5. The lowest BCUT2D eigenvalue weighted by atomic mass is 9.95. The van der Waals surface area contributed by atoms with Crippen molar-refractivity contribution in [2.45, 2.75) is 50.7 Å². The standard InChI is InChI=1S/C21H30FN5O/c1-25(2)14-20-23-24-21(27(20)17-5-6-17)16-8-10-26(11-9-16)13-15-4-7-18(22)19(12-15)28-3/h4,7,12,16-17H,5-6,8-11,13-14H2,1-3H3. The summed E-state index contributed by atoms with van der Waals surface area (Å²) in [7, 11) is 5.66. The second kappa shape index (κ2) is 8.17. The SMILES string of the molecule is COc1cc(CN2CCC(c3nnc(CN(C)C)n3C3CC3)CC2)ccc1F. The molecule has 1 aromatic carbocycles. The number of halogens is 1. The lowest BCUT2D eigenvalue weighted by molar-refractivity contribution is 0.199. The maximum Gasteiger partial charge on any atom is 0.165 e. The van der Waals surface area contributed by atoms with Gasteiger partial charge >= 0.3 is 0 Å². The van der Waals surface area contributed by atoms with Crippen molar-refractivity contribution in [3.63, 3.8) is 0 Å². The van der Waals surface area contributed by atoms with Gasteiger partial charge in [0.15, 0.2) is 11.6 Å². The van der Waals surface area contributed by atoms with Gasteiger partial charge in [-0.25, -0.2) is 4.39 Å². The van der Waals surface area contributed by atoms with Crippen molar-refractivity contribution >= 4 is 0 Å². The van der Waals surface area contributed by atoms with Crippen LogP contribution in [0.4, 0.5) is 4.39 Å². The number of nitrogens with zero attached hydrogens (tertiary/aromatic N) is 5. The molecule has 6 nitrogen and oxygen atoms in total. The maximum atomic E-state index is 13.6. The van der Waals surface area contributed by atoms with Crippen LogP contribution in [0.3, 0.4) is 0 Å². The van der Waals surface area contributed by atoms with E-state index in [9.17, 15) is 4.39 Å². The van der Waals surface area contributed by atoms with Crippen LogP contribution in [-0.4, -0.2) is 58.9 Å². The van der Waals surface area contributed by atoms with Crippen molar-refractivity contribution in [2.75, 3.05) is 34.3 Å². The number of benzene rings is 1. The van der Waals surface area contributed by atoms with Gasteiger partial charge in [0.1, 0.15) is 11.6 Å². The minimum absolute atomic E-state index is 0.308. The third-order valence-electron chi connectivity index (χ3n) is 5.74. The Labute approximate surface area is 166 Å². The lowest BCUT2D eigenvalue weighted by Crippen LogP contribution is -2.33. The molecule has 1 aliphatic heterocycles. The normalized spacial score (nSPS) is 18.8. The quantitative estimate of drug-likeness (QED) is 0.730. The second-order valence-corrected chi connectivity index (χ2v) is 8.33. The largest absolute Gasteiger partial charge is 0.494 e. The van der Waals surface area contributed by atoms with E-state index >= 15 is 0 Å². The van der Waals surface area contributed by atoms with Gasteiger partial charge in [-0.3, -0.25) is 4.90 Å². The van der Waals surface area contributed by atoms with Crippen LogP contribution in [-0.2, 0) is 13.1 Å². The number of aromatic nitrogens is 3. The summed E-state index contributed by atoms with van der Waals surface area (Å²) in [6.45, 7) is 3.70. The van der Waals surface area contributed by atoms with Crippen LogP contribution in [0.15, 0.2) is 18.2 Å². The fourth-order valence-electron chi connectivity index (χ4n) is 4.15. The zero-order valence-corrected chi connectivity index (χ0v) is 17.1. The highest BCUT2D eigenvalue weighted by atomic mass is 19.1. The Morgan fingerprint density at radius 1 is 1.14 bits per heavy atom. The maximum absolute atomic E-state index is 13.6. The fraction of sp³-hybridized carbons (Fsp3) is 0.619. The molecule has 2 aliphatic rings. The summed E-state index contributed by atoms with van der Waals surface area (Å²) >= 11 is 0. The monoisotopic (exact) mass is 387 g/mol. The van der Waals surface area contributed by atoms with Crippen LogP contribution in [0.25, 0.3) is 0 Å². The van der Waals surface area contributed by atoms with E-state index in [-0.39, 0.29) is 5.82 Å². The van der Waals surface area contributed by atoms with Crippen molar-refractivity contribution in [1.82, 2.24) is 24.6 Å². The predicted molar refractivity (Wildman–Crippen MR) is 106 cm³/mol. The molecule has 0 spiro atoms. The Bertz CT molecular complexity index is 809. The van der Waals surface area contributed by atoms with Gasteiger partial charge in [-0.2, -0.15) is 0 Å². The number of ether oxygens (including phenoxy) is 1. The summed E-state index contributed by atoms with van der Waals surface area (Å²) in [6.07, 6.45) is 4.67. The molecule has 28 heavy (non-hydrogen) atoms. The number of rotatable bonds is 7. The molecule has 152 valence electrons. The highest BCUT2D eigenvalue weighted by Gasteiger charge is 2.33. The summed E-state index contributed by atoms with van der Waals surface area (Å²) in [6, 6.07) is 5.75. The van der Waals surface area contributed by atoms with Gasteiger partial charge in [-0.05, 0) is 70.6 Å². The Morgan fingerprint density at radius 3 is 2.54 bits per heavy atom. The van der Waals surface area contributed by atoms with E-state index in [4.69, 9.17) is 4.74 Å². The van der Waals surface area contributed by atoms with Crippen molar-refractivity contribution in [3.05, 3.63) is 41.2 Å². The molecule has 1 aliphatic carbocycles. The third-order valence-corrected chi connectivity index (χ3v) is 5.74. The molecule has 0 amide bonds. The van der Waals surface area contributed by atoms with Crippen molar-refractivity contribution < 1.29 is 9.13 Å². The average Bonchev–Trinajstić information content (AvgIpc) is 3.44. The highest BCUT2D eigenvalue weighted by molar-refractivity contribution is 5.30. The molecule has 1 saturated carbocycles. The van der Waals surface area contributed by atoms with Gasteiger partial charge < -0.3 is 14.2 Å². The first kappa shape index (κ1) is 19.3. The van der Waals surface area contributed by atoms with Crippen LogP contribution in [0.1, 0.15) is 54.9 Å². The van der Waals surface area contributed by atoms with Crippen LogP contribution in [0, 0.1) is 5.82 Å². The molecule has 2 heterocycles. The van der Waals surface area contributed by atoms with E-state index in [1.165, 1.54) is 31.8 Å². The zero-order valence-electron chi connectivity index (χ0n) is 17.1. The number of methoxy groups -OCH3 is 1. The van der Waals surface area contributed by atoms with E-state index in [0.29, 0.717) is 17.7 Å². The van der Waals surface area contributed by atoms with E-state index in [1.54, 1.807) is 6.07 Å². The molecular weight excluding hydrogens is 357 g/mol. The van der Waals surface area contributed by atoms with Gasteiger partial charge in [0.2, 0.25) is 0 Å². The smallest absolute Gasteiger partial charge is 0.165 e. The van der Waals surface area contributed by atoms with E-state index < -0.39 is 0 Å². The summed E-state index contributed by atoms with van der Waals surface area (Å²) in [5, 5.41) is 9.12. The van der Waals surface area contributed by atoms with Gasteiger partial charge in [0.05, 0.1) is 13.7 Å². The third kappa shape index (κ3) is 4.20. The first-order valence-corrected chi connectivity index (χ1v) is 10.2. The summed E-state index contributed by atoms with van der Waals surface area (Å²) in [5.41, 5.74) is 1.09. The summed E-state index contributed by atoms with van der Waals surface area (Å²) in [5.74, 6) is 2.77. The van der Waals surface area contributed by atoms with Gasteiger partial charge in [0, 0.05) is 18.5 Å². The molecule has 2 aromatic rings. The minimum atomic E-state index is -0.308. The number of hydrogen-bond donors (Lipinski definition) is 0. The highest BCUT2D eigenvalue weighted by Crippen LogP contribution is 2.40. The van der Waals surface area contributed by atoms with Gasteiger partial charge in [-0.15, -0.1) is 10.2 Å². The molecule has 1 aromatic heterocycles. The topological polar surface area (TPSA) is 46.4 Å². The molecular formula is C21H30FN5O. The second-order valence-electron chi connectivity index (χ2n) is 8.33. The average molecular weight is 388 g/mol. The van der Waals surface area contributed by atoms with Crippen LogP contribution >= 0.6 is 0 Å². The van der Waals surface area contributed by atoms with Crippen molar-refractivity contribution in [2.24, 2.45) is 0 Å². The molecule has 0 bridgehead atoms. The van der Waals surface area contributed by atoms with Crippen molar-refractivity contribution in [1.29, 1.82) is 0 Å². The molecule has 4 rings (SSSR count).